The summed E-state index contributed by atoms with van der Waals surface area (Å²) in [5.41, 5.74) is 7.80. The molecule has 3 N–H and O–H groups in total. The number of aromatic hydroxyl groups is 1. The van der Waals surface area contributed by atoms with Crippen LogP contribution in [0.25, 0.3) is 0 Å². The van der Waals surface area contributed by atoms with Gasteiger partial charge in [-0.2, -0.15) is 0 Å². The summed E-state index contributed by atoms with van der Waals surface area (Å²) in [6, 6.07) is 3.87. The molecule has 1 aromatic carbocycles. The fraction of sp³-hybridized carbons (Fsp3) is 0.500. The highest BCUT2D eigenvalue weighted by molar-refractivity contribution is 9.10. The molecule has 1 aliphatic carbocycles. The molecule has 0 aromatic heterocycles. The van der Waals surface area contributed by atoms with Gasteiger partial charge in [0.25, 0.3) is 0 Å². The number of phenols is 1. The number of benzene rings is 1. The molecule has 0 amide bonds. The zero-order chi connectivity index (χ0) is 11.1. The lowest BCUT2D eigenvalue weighted by Crippen LogP contribution is -2.33. The predicted octanol–water partition coefficient (Wildman–Crippen LogP) is 3.19. The average Bonchev–Trinajstić information content (AvgIpc) is 2.59. The van der Waals surface area contributed by atoms with Crippen molar-refractivity contribution in [2.24, 2.45) is 5.73 Å². The quantitative estimate of drug-likeness (QED) is 0.823. The number of aryl methyl sites for hydroxylation is 1. The van der Waals surface area contributed by atoms with E-state index in [4.69, 9.17) is 5.73 Å². The van der Waals surface area contributed by atoms with Crippen molar-refractivity contribution in [3.05, 3.63) is 27.7 Å². The SMILES string of the molecule is Cc1cc(Br)cc(C2(N)CCCC2)c1O. The number of hydrogen-bond acceptors (Lipinski definition) is 2. The number of halogens is 1. The Morgan fingerprint density at radius 2 is 1.93 bits per heavy atom. The highest BCUT2D eigenvalue weighted by Gasteiger charge is 2.34. The maximum Gasteiger partial charge on any atom is 0.123 e. The Hall–Kier alpha value is -0.540. The minimum Gasteiger partial charge on any atom is -0.507 e. The van der Waals surface area contributed by atoms with Gasteiger partial charge < -0.3 is 10.8 Å². The molecule has 1 aromatic rings. The van der Waals surface area contributed by atoms with Gasteiger partial charge in [-0.3, -0.25) is 0 Å². The van der Waals surface area contributed by atoms with Crippen LogP contribution in [-0.4, -0.2) is 5.11 Å². The van der Waals surface area contributed by atoms with Crippen LogP contribution in [0.4, 0.5) is 0 Å². The molecular formula is C12H16BrNO. The molecule has 1 fully saturated rings. The lowest BCUT2D eigenvalue weighted by atomic mass is 9.87. The summed E-state index contributed by atoms with van der Waals surface area (Å²) < 4.78 is 0.990. The first-order chi connectivity index (χ1) is 7.03. The monoisotopic (exact) mass is 269 g/mol. The standard InChI is InChI=1S/C12H16BrNO/c1-8-6-9(13)7-10(11(8)15)12(14)4-2-3-5-12/h6-7,15H,2-5,14H2,1H3. The second kappa shape index (κ2) is 3.80. The summed E-state index contributed by atoms with van der Waals surface area (Å²) >= 11 is 3.45. The highest BCUT2D eigenvalue weighted by atomic mass is 79.9. The van der Waals surface area contributed by atoms with Crippen molar-refractivity contribution in [1.82, 2.24) is 0 Å². The lowest BCUT2D eigenvalue weighted by Gasteiger charge is -2.26. The number of hydrogen-bond donors (Lipinski definition) is 2. The Bertz CT molecular complexity index is 383. The van der Waals surface area contributed by atoms with Gasteiger partial charge >= 0.3 is 0 Å². The highest BCUT2D eigenvalue weighted by Crippen LogP contribution is 2.42. The molecule has 3 heteroatoms. The fourth-order valence-electron chi connectivity index (χ4n) is 2.39. The van der Waals surface area contributed by atoms with Crippen LogP contribution in [0.5, 0.6) is 5.75 Å². The van der Waals surface area contributed by atoms with Crippen LogP contribution in [0.3, 0.4) is 0 Å². The first-order valence-corrected chi connectivity index (χ1v) is 6.11. The van der Waals surface area contributed by atoms with Crippen molar-refractivity contribution in [1.29, 1.82) is 0 Å². The van der Waals surface area contributed by atoms with Crippen LogP contribution in [0.15, 0.2) is 16.6 Å². The van der Waals surface area contributed by atoms with E-state index < -0.39 is 0 Å². The summed E-state index contributed by atoms with van der Waals surface area (Å²) in [6.45, 7) is 1.90. The topological polar surface area (TPSA) is 46.2 Å². The van der Waals surface area contributed by atoms with Crippen molar-refractivity contribution in [3.63, 3.8) is 0 Å². The van der Waals surface area contributed by atoms with Crippen molar-refractivity contribution in [3.8, 4) is 5.75 Å². The normalized spacial score (nSPS) is 19.4. The largest absolute Gasteiger partial charge is 0.507 e. The summed E-state index contributed by atoms with van der Waals surface area (Å²) in [6.07, 6.45) is 4.25. The van der Waals surface area contributed by atoms with Gasteiger partial charge in [-0.15, -0.1) is 0 Å². The van der Waals surface area contributed by atoms with Gasteiger partial charge in [0.1, 0.15) is 5.75 Å². The molecule has 1 saturated carbocycles. The van der Waals surface area contributed by atoms with Crippen molar-refractivity contribution < 1.29 is 5.11 Å². The average molecular weight is 270 g/mol. The lowest BCUT2D eigenvalue weighted by molar-refractivity contribution is 0.406. The van der Waals surface area contributed by atoms with E-state index in [1.807, 2.05) is 19.1 Å². The molecule has 0 radical (unpaired) electrons. The van der Waals surface area contributed by atoms with E-state index in [-0.39, 0.29) is 5.54 Å². The van der Waals surface area contributed by atoms with Crippen molar-refractivity contribution in [2.75, 3.05) is 0 Å². The van der Waals surface area contributed by atoms with Gasteiger partial charge in [0, 0.05) is 15.6 Å². The molecule has 0 atom stereocenters. The molecule has 0 heterocycles. The van der Waals surface area contributed by atoms with Gasteiger partial charge in [-0.1, -0.05) is 28.8 Å². The second-order valence-corrected chi connectivity index (χ2v) is 5.40. The Labute approximate surface area is 98.6 Å². The molecule has 0 saturated heterocycles. The van der Waals surface area contributed by atoms with Crippen LogP contribution in [0, 0.1) is 6.92 Å². The third-order valence-corrected chi connectivity index (χ3v) is 3.76. The Morgan fingerprint density at radius 3 is 2.53 bits per heavy atom. The Balaban J connectivity index is 2.51. The third-order valence-electron chi connectivity index (χ3n) is 3.30. The van der Waals surface area contributed by atoms with E-state index in [1.165, 1.54) is 0 Å². The molecular weight excluding hydrogens is 254 g/mol. The van der Waals surface area contributed by atoms with Crippen LogP contribution in [-0.2, 0) is 5.54 Å². The third kappa shape index (κ3) is 1.91. The molecule has 2 nitrogen and oxygen atoms in total. The maximum absolute atomic E-state index is 10.0. The van der Waals surface area contributed by atoms with E-state index in [0.717, 1.165) is 41.3 Å². The summed E-state index contributed by atoms with van der Waals surface area (Å²) in [5.74, 6) is 0.364. The summed E-state index contributed by atoms with van der Waals surface area (Å²) in [7, 11) is 0. The summed E-state index contributed by atoms with van der Waals surface area (Å²) in [5, 5.41) is 10.0. The molecule has 0 spiro atoms. The van der Waals surface area contributed by atoms with E-state index >= 15 is 0 Å². The van der Waals surface area contributed by atoms with Crippen molar-refractivity contribution in [2.45, 2.75) is 38.1 Å². The molecule has 82 valence electrons. The predicted molar refractivity (Wildman–Crippen MR) is 64.9 cm³/mol. The minimum atomic E-state index is -0.321. The first kappa shape index (κ1) is 11.0. The van der Waals surface area contributed by atoms with Gasteiger partial charge in [0.15, 0.2) is 0 Å². The molecule has 15 heavy (non-hydrogen) atoms. The van der Waals surface area contributed by atoms with E-state index in [1.54, 1.807) is 0 Å². The van der Waals surface area contributed by atoms with Gasteiger partial charge in [-0.05, 0) is 37.5 Å². The molecule has 1 aliphatic rings. The van der Waals surface area contributed by atoms with Crippen molar-refractivity contribution >= 4 is 15.9 Å². The van der Waals surface area contributed by atoms with Crippen LogP contribution in [0.1, 0.15) is 36.8 Å². The molecule has 0 bridgehead atoms. The van der Waals surface area contributed by atoms with E-state index in [9.17, 15) is 5.11 Å². The number of phenolic OH excluding ortho intramolecular Hbond substituents is 1. The maximum atomic E-state index is 10.0. The molecule has 0 aliphatic heterocycles. The van der Waals surface area contributed by atoms with Crippen LogP contribution < -0.4 is 5.73 Å². The minimum absolute atomic E-state index is 0.321. The van der Waals surface area contributed by atoms with Gasteiger partial charge in [0.2, 0.25) is 0 Å². The summed E-state index contributed by atoms with van der Waals surface area (Å²) in [4.78, 5) is 0. The van der Waals surface area contributed by atoms with Crippen LogP contribution in [0.2, 0.25) is 0 Å². The number of nitrogens with two attached hydrogens (primary N) is 1. The van der Waals surface area contributed by atoms with E-state index in [0.29, 0.717) is 5.75 Å². The smallest absolute Gasteiger partial charge is 0.123 e. The fourth-order valence-corrected chi connectivity index (χ4v) is 2.96. The van der Waals surface area contributed by atoms with E-state index in [2.05, 4.69) is 15.9 Å². The van der Waals surface area contributed by atoms with Gasteiger partial charge in [0.05, 0.1) is 0 Å². The first-order valence-electron chi connectivity index (χ1n) is 5.31. The second-order valence-electron chi connectivity index (χ2n) is 4.48. The number of rotatable bonds is 1. The Kier molecular flexibility index (Phi) is 2.77. The zero-order valence-electron chi connectivity index (χ0n) is 8.89. The molecule has 2 rings (SSSR count). The van der Waals surface area contributed by atoms with Crippen LogP contribution >= 0.6 is 15.9 Å². The van der Waals surface area contributed by atoms with Gasteiger partial charge in [-0.25, -0.2) is 0 Å². The zero-order valence-corrected chi connectivity index (χ0v) is 10.5. The molecule has 0 unspecified atom stereocenters. The Morgan fingerprint density at radius 1 is 1.33 bits per heavy atom.